The van der Waals surface area contributed by atoms with E-state index < -0.39 is 10.8 Å². The highest BCUT2D eigenvalue weighted by atomic mass is 32.2. The van der Waals surface area contributed by atoms with Gasteiger partial charge in [-0.05, 0) is 157 Å². The average Bonchev–Trinajstić information content (AvgIpc) is 4.19. The van der Waals surface area contributed by atoms with Crippen molar-refractivity contribution in [2.45, 2.75) is 30.4 Å². The second-order valence-electron chi connectivity index (χ2n) is 19.7. The Kier molecular flexibility index (Phi) is 9.01. The molecule has 2 aliphatic heterocycles. The van der Waals surface area contributed by atoms with Gasteiger partial charge in [-0.1, -0.05) is 187 Å². The molecule has 74 heavy (non-hydrogen) atoms. The van der Waals surface area contributed by atoms with Gasteiger partial charge in [-0.25, -0.2) is 4.85 Å². The van der Waals surface area contributed by atoms with Crippen molar-refractivity contribution < 1.29 is 0 Å². The molecule has 16 rings (SSSR count). The largest absolute Gasteiger partial charge is 0.310 e. The summed E-state index contributed by atoms with van der Waals surface area (Å²) in [5.41, 5.74) is 20.6. The molecule has 0 saturated carbocycles. The van der Waals surface area contributed by atoms with Crippen LogP contribution in [0.1, 0.15) is 44.5 Å². The number of hydrogen-bond acceptors (Lipinski definition) is 4. The first-order valence-electron chi connectivity index (χ1n) is 25.1. The summed E-state index contributed by atoms with van der Waals surface area (Å²) in [6.45, 7) is 7.95. The minimum Gasteiger partial charge on any atom is -0.310 e. The van der Waals surface area contributed by atoms with E-state index in [1.807, 2.05) is 40.9 Å². The molecule has 11 aromatic carbocycles. The first-order chi connectivity index (χ1) is 36.6. The van der Waals surface area contributed by atoms with Crippen LogP contribution in [0.3, 0.4) is 0 Å². The molecule has 0 bridgehead atoms. The highest BCUT2D eigenvalue weighted by Gasteiger charge is 2.52. The third kappa shape index (κ3) is 5.63. The maximum atomic E-state index is 7.95. The summed E-state index contributed by atoms with van der Waals surface area (Å²) in [6, 6.07) is 90.6. The lowest BCUT2D eigenvalue weighted by molar-refractivity contribution is 0.722. The summed E-state index contributed by atoms with van der Waals surface area (Å²) in [7, 11) is 0. The third-order valence-electron chi connectivity index (χ3n) is 16.2. The maximum absolute atomic E-state index is 7.95. The molecule has 2 aliphatic carbocycles. The fraction of sp³-hybridized carbons (Fsp3) is 0.0290. The van der Waals surface area contributed by atoms with Gasteiger partial charge in [-0.15, -0.1) is 11.3 Å². The number of thiophene rings is 1. The lowest BCUT2D eigenvalue weighted by atomic mass is 9.67. The molecule has 2 nitrogen and oxygen atoms in total. The van der Waals surface area contributed by atoms with Crippen LogP contribution in [0.25, 0.3) is 58.4 Å². The zero-order chi connectivity index (χ0) is 48.7. The topological polar surface area (TPSA) is 7.60 Å². The van der Waals surface area contributed by atoms with Crippen molar-refractivity contribution in [1.82, 2.24) is 0 Å². The van der Waals surface area contributed by atoms with Crippen molar-refractivity contribution in [3.05, 3.63) is 299 Å². The molecule has 344 valence electrons. The predicted octanol–water partition coefficient (Wildman–Crippen LogP) is 19.4. The van der Waals surface area contributed by atoms with Gasteiger partial charge in [0, 0.05) is 51.1 Å². The van der Waals surface area contributed by atoms with Crippen LogP contribution in [0, 0.1) is 6.57 Å². The Balaban J connectivity index is 0.894. The maximum Gasteiger partial charge on any atom is 0.187 e. The number of nitrogens with zero attached hydrogens (tertiary/aromatic N) is 2. The van der Waals surface area contributed by atoms with Gasteiger partial charge in [0.2, 0.25) is 0 Å². The SMILES string of the molecule is [C-]#[N+]c1ccc2c(c1)-c1ccccc1C21c2ccccc2Sc2ccc(-c3ccc(N(c4ccc5c(c4)C4(c6ccccc6S5)c5ccccc5-c5ccccc54)c4cccc5sc6ccccc6c45)cc3)cc21. The third-order valence-corrected chi connectivity index (χ3v) is 19.7. The lowest BCUT2D eigenvalue weighted by Gasteiger charge is -2.40. The molecular formula is C69H40N2S3. The minimum atomic E-state index is -0.540. The Morgan fingerprint density at radius 1 is 0.351 bits per heavy atom. The van der Waals surface area contributed by atoms with Gasteiger partial charge in [0.1, 0.15) is 0 Å². The molecule has 0 fully saturated rings. The summed E-state index contributed by atoms with van der Waals surface area (Å²) < 4.78 is 2.55. The number of fused-ring (bicyclic) bond motifs is 21. The molecule has 0 N–H and O–H groups in total. The van der Waals surface area contributed by atoms with Gasteiger partial charge < -0.3 is 4.90 Å². The zero-order valence-corrected chi connectivity index (χ0v) is 42.2. The fourth-order valence-electron chi connectivity index (χ4n) is 13.3. The van der Waals surface area contributed by atoms with Crippen LogP contribution in [0.4, 0.5) is 22.7 Å². The summed E-state index contributed by atoms with van der Waals surface area (Å²) in [4.78, 5) is 11.5. The summed E-state index contributed by atoms with van der Waals surface area (Å²) in [6.07, 6.45) is 0. The van der Waals surface area contributed by atoms with E-state index in [4.69, 9.17) is 6.57 Å². The van der Waals surface area contributed by atoms with Crippen molar-refractivity contribution >= 4 is 77.8 Å². The highest BCUT2D eigenvalue weighted by molar-refractivity contribution is 7.99. The van der Waals surface area contributed by atoms with E-state index in [0.717, 1.165) is 28.2 Å². The normalized spacial score (nSPS) is 15.6. The molecule has 5 heteroatoms. The van der Waals surface area contributed by atoms with Crippen molar-refractivity contribution in [1.29, 1.82) is 0 Å². The van der Waals surface area contributed by atoms with E-state index >= 15 is 0 Å². The first-order valence-corrected chi connectivity index (χ1v) is 27.5. The molecular weight excluding hydrogens is 953 g/mol. The Hall–Kier alpha value is -8.37. The average molecular weight is 993 g/mol. The van der Waals surface area contributed by atoms with Gasteiger partial charge in [-0.2, -0.15) is 0 Å². The minimum absolute atomic E-state index is 0.501. The Bertz CT molecular complexity index is 4380. The van der Waals surface area contributed by atoms with E-state index in [0.29, 0.717) is 5.69 Å². The van der Waals surface area contributed by atoms with E-state index in [-0.39, 0.29) is 0 Å². The molecule has 1 unspecified atom stereocenters. The van der Waals surface area contributed by atoms with Crippen LogP contribution < -0.4 is 4.90 Å². The molecule has 4 aliphatic rings. The predicted molar refractivity (Wildman–Crippen MR) is 309 cm³/mol. The van der Waals surface area contributed by atoms with Crippen molar-refractivity contribution in [3.8, 4) is 33.4 Å². The van der Waals surface area contributed by atoms with E-state index in [1.165, 1.54) is 107 Å². The lowest BCUT2D eigenvalue weighted by Crippen LogP contribution is -2.32. The van der Waals surface area contributed by atoms with Gasteiger partial charge in [0.15, 0.2) is 5.69 Å². The molecule has 12 aromatic rings. The van der Waals surface area contributed by atoms with Crippen LogP contribution in [-0.4, -0.2) is 0 Å². The van der Waals surface area contributed by atoms with Crippen molar-refractivity contribution in [3.63, 3.8) is 0 Å². The number of benzene rings is 11. The quantitative estimate of drug-likeness (QED) is 0.162. The van der Waals surface area contributed by atoms with Crippen LogP contribution in [0.15, 0.2) is 262 Å². The number of hydrogen-bond donors (Lipinski definition) is 0. The molecule has 0 saturated heterocycles. The first kappa shape index (κ1) is 42.2. The number of anilines is 3. The Morgan fingerprint density at radius 3 is 1.51 bits per heavy atom. The molecule has 1 aromatic heterocycles. The zero-order valence-electron chi connectivity index (χ0n) is 39.7. The molecule has 1 atom stereocenters. The number of rotatable bonds is 4. The molecule has 0 radical (unpaired) electrons. The summed E-state index contributed by atoms with van der Waals surface area (Å²) >= 11 is 5.61. The van der Waals surface area contributed by atoms with Crippen molar-refractivity contribution in [2.24, 2.45) is 0 Å². The monoisotopic (exact) mass is 992 g/mol. The second kappa shape index (κ2) is 15.8. The van der Waals surface area contributed by atoms with Crippen LogP contribution in [0.2, 0.25) is 0 Å². The Labute approximate surface area is 442 Å². The van der Waals surface area contributed by atoms with Gasteiger partial charge in [0.05, 0.1) is 23.1 Å². The van der Waals surface area contributed by atoms with E-state index in [2.05, 4.69) is 246 Å². The molecule has 2 spiro atoms. The van der Waals surface area contributed by atoms with Crippen LogP contribution >= 0.6 is 34.9 Å². The second-order valence-corrected chi connectivity index (χ2v) is 22.9. The van der Waals surface area contributed by atoms with Gasteiger partial charge in [0.25, 0.3) is 0 Å². The smallest absolute Gasteiger partial charge is 0.187 e. The van der Waals surface area contributed by atoms with E-state index in [9.17, 15) is 0 Å². The molecule has 0 amide bonds. The Morgan fingerprint density at radius 2 is 0.851 bits per heavy atom. The van der Waals surface area contributed by atoms with Crippen LogP contribution in [0.5, 0.6) is 0 Å². The van der Waals surface area contributed by atoms with Crippen molar-refractivity contribution in [2.75, 3.05) is 4.90 Å². The van der Waals surface area contributed by atoms with E-state index in [1.54, 1.807) is 0 Å². The van der Waals surface area contributed by atoms with Gasteiger partial charge >= 0.3 is 0 Å². The highest BCUT2D eigenvalue weighted by Crippen LogP contribution is 2.65. The van der Waals surface area contributed by atoms with Gasteiger partial charge in [-0.3, -0.25) is 0 Å². The summed E-state index contributed by atoms with van der Waals surface area (Å²) in [5, 5.41) is 2.53. The summed E-state index contributed by atoms with van der Waals surface area (Å²) in [5.74, 6) is 0. The molecule has 3 heterocycles. The fourth-order valence-corrected chi connectivity index (χ4v) is 16.8. The van der Waals surface area contributed by atoms with Crippen LogP contribution in [-0.2, 0) is 10.8 Å². The standard InChI is InChI=1S/C69H40N2S3/c1-70-44-32-36-55-51(40-44)49-17-4-8-21-54(49)69(55)57-23-10-13-27-63(57)73-64-37-31-43(39-58(64)69)42-29-33-45(34-30-42)71(60-24-14-28-66-67(60)50-18-5-11-25-61(50)72-66)46-35-38-65-59(41-46)68(56-22-9-12-26-62(56)74-65)52-19-6-2-15-47(52)48-16-3-7-20-53(48)68/h2-41H.